The first-order valence-corrected chi connectivity index (χ1v) is 9.84. The summed E-state index contributed by atoms with van der Waals surface area (Å²) in [5, 5.41) is 5.81. The van der Waals surface area contributed by atoms with E-state index in [-0.39, 0.29) is 24.9 Å². The molecule has 2 aromatic carbocycles. The normalized spacial score (nSPS) is 13.5. The summed E-state index contributed by atoms with van der Waals surface area (Å²) < 4.78 is 11.0. The lowest BCUT2D eigenvalue weighted by atomic mass is 10.1. The molecule has 1 heterocycles. The van der Waals surface area contributed by atoms with Crippen LogP contribution >= 0.6 is 0 Å². The molecule has 0 bridgehead atoms. The number of aryl methyl sites for hydroxylation is 2. The Morgan fingerprint density at radius 1 is 0.931 bits per heavy atom. The molecule has 1 atom stereocenters. The number of quaternary nitrogens is 1. The lowest BCUT2D eigenvalue weighted by molar-refractivity contribution is -0.881. The van der Waals surface area contributed by atoms with Crippen LogP contribution in [-0.4, -0.2) is 44.7 Å². The van der Waals surface area contributed by atoms with Crippen molar-refractivity contribution < 1.29 is 24.0 Å². The Kier molecular flexibility index (Phi) is 6.72. The Hall–Kier alpha value is -3.06. The van der Waals surface area contributed by atoms with Crippen LogP contribution < -0.4 is 25.0 Å². The molecule has 0 aromatic heterocycles. The van der Waals surface area contributed by atoms with Crippen molar-refractivity contribution in [2.24, 2.45) is 0 Å². The Morgan fingerprint density at radius 3 is 2.31 bits per heavy atom. The molecule has 0 saturated heterocycles. The Morgan fingerprint density at radius 2 is 1.62 bits per heavy atom. The lowest BCUT2D eigenvalue weighted by Gasteiger charge is -2.20. The standard InChI is InChI=1S/C22H27N3O4/c1-4-25(14-22(27)24-18-7-5-15(2)11-16(18)3)13-21(26)23-17-6-8-19-20(12-17)29-10-9-28-19/h5-8,11-12H,4,9-10,13-14H2,1-3H3,(H,23,26)(H,24,27)/p+1. The number of anilines is 2. The van der Waals surface area contributed by atoms with Gasteiger partial charge in [0.15, 0.2) is 24.6 Å². The summed E-state index contributed by atoms with van der Waals surface area (Å²) in [7, 11) is 0. The van der Waals surface area contributed by atoms with Crippen molar-refractivity contribution in [2.45, 2.75) is 20.8 Å². The second kappa shape index (κ2) is 9.43. The Balaban J connectivity index is 1.53. The molecule has 0 aliphatic carbocycles. The highest BCUT2D eigenvalue weighted by atomic mass is 16.6. The maximum atomic E-state index is 12.4. The Bertz CT molecular complexity index is 898. The number of hydrogen-bond donors (Lipinski definition) is 3. The number of hydrogen-bond acceptors (Lipinski definition) is 4. The summed E-state index contributed by atoms with van der Waals surface area (Å²) in [6.45, 7) is 8.04. The Labute approximate surface area is 171 Å². The van der Waals surface area contributed by atoms with E-state index in [0.29, 0.717) is 36.9 Å². The minimum Gasteiger partial charge on any atom is -0.486 e. The SMILES string of the molecule is CC[NH+](CC(=O)Nc1ccc2c(c1)OCCO2)CC(=O)Nc1ccc(C)cc1C. The minimum absolute atomic E-state index is 0.110. The van der Waals surface area contributed by atoms with E-state index in [1.165, 1.54) is 0 Å². The van der Waals surface area contributed by atoms with Crippen LogP contribution in [0.1, 0.15) is 18.1 Å². The first kappa shape index (κ1) is 20.7. The van der Waals surface area contributed by atoms with Crippen molar-refractivity contribution in [1.82, 2.24) is 0 Å². The van der Waals surface area contributed by atoms with Crippen molar-refractivity contribution in [3.63, 3.8) is 0 Å². The van der Waals surface area contributed by atoms with Crippen LogP contribution in [0.25, 0.3) is 0 Å². The number of benzene rings is 2. The van der Waals surface area contributed by atoms with Gasteiger partial charge in [0.05, 0.1) is 6.54 Å². The second-order valence-electron chi connectivity index (χ2n) is 7.23. The third-order valence-electron chi connectivity index (χ3n) is 4.80. The number of amides is 2. The molecule has 1 aliphatic rings. The largest absolute Gasteiger partial charge is 0.486 e. The van der Waals surface area contributed by atoms with E-state index in [1.807, 2.05) is 39.0 Å². The fourth-order valence-corrected chi connectivity index (χ4v) is 3.24. The predicted octanol–water partition coefficient (Wildman–Crippen LogP) is 1.56. The van der Waals surface area contributed by atoms with Crippen LogP contribution in [-0.2, 0) is 9.59 Å². The number of nitrogens with one attached hydrogen (secondary N) is 3. The molecule has 3 rings (SSSR count). The summed E-state index contributed by atoms with van der Waals surface area (Å²) in [4.78, 5) is 25.7. The predicted molar refractivity (Wildman–Crippen MR) is 112 cm³/mol. The smallest absolute Gasteiger partial charge is 0.279 e. The molecule has 2 aromatic rings. The van der Waals surface area contributed by atoms with Crippen molar-refractivity contribution >= 4 is 23.2 Å². The van der Waals surface area contributed by atoms with Crippen LogP contribution in [0.15, 0.2) is 36.4 Å². The van der Waals surface area contributed by atoms with E-state index in [0.717, 1.165) is 21.7 Å². The topological polar surface area (TPSA) is 81.1 Å². The van der Waals surface area contributed by atoms with Gasteiger partial charge in [-0.15, -0.1) is 0 Å². The average Bonchev–Trinajstić information content (AvgIpc) is 2.69. The van der Waals surface area contributed by atoms with Crippen LogP contribution in [0.5, 0.6) is 11.5 Å². The van der Waals surface area contributed by atoms with Gasteiger partial charge in [0, 0.05) is 17.4 Å². The quantitative estimate of drug-likeness (QED) is 0.661. The number of rotatable bonds is 7. The monoisotopic (exact) mass is 398 g/mol. The molecule has 3 N–H and O–H groups in total. The highest BCUT2D eigenvalue weighted by molar-refractivity contribution is 5.93. The van der Waals surface area contributed by atoms with E-state index < -0.39 is 0 Å². The number of ether oxygens (including phenoxy) is 2. The van der Waals surface area contributed by atoms with Gasteiger partial charge in [0.25, 0.3) is 11.8 Å². The zero-order valence-corrected chi connectivity index (χ0v) is 17.1. The molecule has 0 fully saturated rings. The van der Waals surface area contributed by atoms with Crippen LogP contribution in [0, 0.1) is 13.8 Å². The van der Waals surface area contributed by atoms with Crippen molar-refractivity contribution in [1.29, 1.82) is 0 Å². The van der Waals surface area contributed by atoms with Gasteiger partial charge >= 0.3 is 0 Å². The zero-order chi connectivity index (χ0) is 20.8. The van der Waals surface area contributed by atoms with Crippen LogP contribution in [0.2, 0.25) is 0 Å². The van der Waals surface area contributed by atoms with Gasteiger partial charge in [0.1, 0.15) is 13.2 Å². The first-order chi connectivity index (χ1) is 13.9. The van der Waals surface area contributed by atoms with Gasteiger partial charge in [-0.2, -0.15) is 0 Å². The van der Waals surface area contributed by atoms with Crippen LogP contribution in [0.4, 0.5) is 11.4 Å². The highest BCUT2D eigenvalue weighted by Gasteiger charge is 2.18. The maximum absolute atomic E-state index is 12.4. The van der Waals surface area contributed by atoms with E-state index in [2.05, 4.69) is 10.6 Å². The molecule has 1 aliphatic heterocycles. The molecular formula is C22H28N3O4+. The molecule has 0 saturated carbocycles. The fourth-order valence-electron chi connectivity index (χ4n) is 3.24. The summed E-state index contributed by atoms with van der Waals surface area (Å²) in [6.07, 6.45) is 0. The first-order valence-electron chi connectivity index (χ1n) is 9.84. The maximum Gasteiger partial charge on any atom is 0.279 e. The fraction of sp³-hybridized carbons (Fsp3) is 0.364. The molecular weight excluding hydrogens is 370 g/mol. The molecule has 2 amide bonds. The van der Waals surface area contributed by atoms with E-state index in [4.69, 9.17) is 9.47 Å². The highest BCUT2D eigenvalue weighted by Crippen LogP contribution is 2.32. The third kappa shape index (κ3) is 5.71. The van der Waals surface area contributed by atoms with Crippen molar-refractivity contribution in [3.8, 4) is 11.5 Å². The lowest BCUT2D eigenvalue weighted by Crippen LogP contribution is -3.13. The number of carbonyl (C=O) groups is 2. The van der Waals surface area contributed by atoms with E-state index >= 15 is 0 Å². The molecule has 29 heavy (non-hydrogen) atoms. The average molecular weight is 398 g/mol. The summed E-state index contributed by atoms with van der Waals surface area (Å²) in [5.41, 5.74) is 3.62. The van der Waals surface area contributed by atoms with Crippen LogP contribution in [0.3, 0.4) is 0 Å². The summed E-state index contributed by atoms with van der Waals surface area (Å²) in [5.74, 6) is 1.04. The van der Waals surface area contributed by atoms with Crippen molar-refractivity contribution in [2.75, 3.05) is 43.5 Å². The zero-order valence-electron chi connectivity index (χ0n) is 17.1. The van der Waals surface area contributed by atoms with Crippen molar-refractivity contribution in [3.05, 3.63) is 47.5 Å². The second-order valence-corrected chi connectivity index (χ2v) is 7.23. The number of likely N-dealkylation sites (N-methyl/N-ethyl adjacent to an activating group) is 1. The minimum atomic E-state index is -0.155. The molecule has 154 valence electrons. The molecule has 0 radical (unpaired) electrons. The number of fused-ring (bicyclic) bond motifs is 1. The third-order valence-corrected chi connectivity index (χ3v) is 4.80. The van der Waals surface area contributed by atoms with Gasteiger partial charge in [-0.3, -0.25) is 9.59 Å². The van der Waals surface area contributed by atoms with Gasteiger partial charge in [-0.05, 0) is 44.5 Å². The van der Waals surface area contributed by atoms with E-state index in [1.54, 1.807) is 18.2 Å². The molecule has 7 nitrogen and oxygen atoms in total. The van der Waals surface area contributed by atoms with Gasteiger partial charge in [-0.25, -0.2) is 0 Å². The number of carbonyl (C=O) groups excluding carboxylic acids is 2. The van der Waals surface area contributed by atoms with Gasteiger partial charge < -0.3 is 25.0 Å². The summed E-state index contributed by atoms with van der Waals surface area (Å²) in [6, 6.07) is 11.2. The molecule has 0 spiro atoms. The summed E-state index contributed by atoms with van der Waals surface area (Å²) >= 11 is 0. The molecule has 1 unspecified atom stereocenters. The van der Waals surface area contributed by atoms with E-state index in [9.17, 15) is 9.59 Å². The molecule has 7 heteroatoms. The van der Waals surface area contributed by atoms with Gasteiger partial charge in [0.2, 0.25) is 0 Å². The van der Waals surface area contributed by atoms with Gasteiger partial charge in [-0.1, -0.05) is 17.7 Å².